The Morgan fingerprint density at radius 2 is 1.97 bits per heavy atom. The quantitative estimate of drug-likeness (QED) is 0.674. The number of nitrogens with one attached hydrogen (secondary N) is 1. The van der Waals surface area contributed by atoms with Gasteiger partial charge in [-0.1, -0.05) is 30.9 Å². The topological polar surface area (TPSA) is 118 Å². The zero-order chi connectivity index (χ0) is 24.8. The van der Waals surface area contributed by atoms with Gasteiger partial charge in [0.1, 0.15) is 23.7 Å². The van der Waals surface area contributed by atoms with Gasteiger partial charge in [0.2, 0.25) is 21.8 Å². The third kappa shape index (κ3) is 6.58. The van der Waals surface area contributed by atoms with Gasteiger partial charge in [-0.05, 0) is 48.3 Å². The Morgan fingerprint density at radius 1 is 1.17 bits per heavy atom. The molecule has 0 bridgehead atoms. The largest absolute Gasteiger partial charge is 0.490 e. The summed E-state index contributed by atoms with van der Waals surface area (Å²) in [7, 11) is -3.58. The Balaban J connectivity index is 1.36. The molecule has 1 fully saturated rings. The molecule has 180 valence electrons. The van der Waals surface area contributed by atoms with Crippen molar-refractivity contribution < 1.29 is 22.7 Å². The maximum Gasteiger partial charge on any atom is 0.235 e. The molecule has 0 radical (unpaired) electrons. The number of nitriles is 1. The smallest absolute Gasteiger partial charge is 0.235 e. The maximum absolute atomic E-state index is 11.8. The van der Waals surface area contributed by atoms with Crippen molar-refractivity contribution in [2.24, 2.45) is 0 Å². The number of nitrogens with zero attached hydrogens (tertiary/aromatic N) is 2. The van der Waals surface area contributed by atoms with Crippen molar-refractivity contribution in [2.45, 2.75) is 37.7 Å². The molecule has 8 nitrogen and oxygen atoms in total. The van der Waals surface area contributed by atoms with Crippen molar-refractivity contribution >= 4 is 15.9 Å². The molecule has 0 spiro atoms. The van der Waals surface area contributed by atoms with E-state index in [9.17, 15) is 13.2 Å². The van der Waals surface area contributed by atoms with Crippen LogP contribution in [0.5, 0.6) is 11.6 Å². The van der Waals surface area contributed by atoms with E-state index in [1.807, 2.05) is 53.3 Å². The minimum absolute atomic E-state index is 0.0875. The summed E-state index contributed by atoms with van der Waals surface area (Å²) in [6, 6.07) is 12.6. The van der Waals surface area contributed by atoms with Gasteiger partial charge in [0, 0.05) is 31.0 Å². The Kier molecular flexibility index (Phi) is 7.32. The lowest BCUT2D eigenvalue weighted by atomic mass is 9.97. The van der Waals surface area contributed by atoms with Crippen molar-refractivity contribution in [3.8, 4) is 17.7 Å². The van der Waals surface area contributed by atoms with E-state index in [0.29, 0.717) is 42.2 Å². The monoisotopic (exact) mass is 491 g/mol. The Bertz CT molecular complexity index is 1310. The number of allylic oxidation sites excluding steroid dienone is 3. The number of amides is 1. The summed E-state index contributed by atoms with van der Waals surface area (Å²) in [6.07, 6.45) is 9.31. The first kappa shape index (κ1) is 24.2. The third-order valence-corrected chi connectivity index (χ3v) is 7.14. The number of carbonyl (C=O) groups is 1. The third-order valence-electron chi connectivity index (χ3n) is 5.76. The average Bonchev–Trinajstić information content (AvgIpc) is 2.91. The standard InChI is InChI=1S/C26H25N3O5S/c1-18-6-10-22(4-2-3-5-24(18)34-26-13-7-19(15-27)16-28-26)33-23-11-8-20(9-12-23)21-14-25(30)29-35(31,32)17-21/h2-3,5,7-9,11-13,16,21-22H,1,4,6,10,14,17H2,(H,29,30)/b3-2-,24-5+/t21?,22-/m0/s1. The summed E-state index contributed by atoms with van der Waals surface area (Å²) in [6.45, 7) is 4.15. The van der Waals surface area contributed by atoms with Gasteiger partial charge in [0.25, 0.3) is 0 Å². The van der Waals surface area contributed by atoms with E-state index in [2.05, 4.69) is 11.6 Å². The molecular weight excluding hydrogens is 466 g/mol. The van der Waals surface area contributed by atoms with E-state index in [-0.39, 0.29) is 24.2 Å². The summed E-state index contributed by atoms with van der Waals surface area (Å²) in [5, 5.41) is 8.91. The SMILES string of the molecule is C=C1CC[C@@H](Oc2ccc(C3CC(=O)NS(=O)(=O)C3)cc2)C/C=C\C=C/1Oc1ccc(C#N)cn1. The Hall–Kier alpha value is -3.90. The van der Waals surface area contributed by atoms with Gasteiger partial charge in [-0.3, -0.25) is 9.52 Å². The predicted octanol–water partition coefficient (Wildman–Crippen LogP) is 3.89. The van der Waals surface area contributed by atoms with Gasteiger partial charge in [-0.2, -0.15) is 5.26 Å². The number of aromatic nitrogens is 1. The molecule has 1 saturated heterocycles. The van der Waals surface area contributed by atoms with Crippen molar-refractivity contribution in [3.05, 3.63) is 89.9 Å². The molecule has 4 rings (SSSR count). The number of hydrogen-bond donors (Lipinski definition) is 1. The van der Waals surface area contributed by atoms with E-state index in [1.165, 1.54) is 6.20 Å². The highest BCUT2D eigenvalue weighted by molar-refractivity contribution is 7.90. The second-order valence-electron chi connectivity index (χ2n) is 8.45. The molecule has 2 aromatic rings. The summed E-state index contributed by atoms with van der Waals surface area (Å²) >= 11 is 0. The first-order valence-corrected chi connectivity index (χ1v) is 12.9. The van der Waals surface area contributed by atoms with Crippen molar-refractivity contribution in [1.82, 2.24) is 9.71 Å². The summed E-state index contributed by atoms with van der Waals surface area (Å²) in [5.74, 6) is 0.714. The number of hydrogen-bond acceptors (Lipinski definition) is 7. The van der Waals surface area contributed by atoms with Crippen LogP contribution in [0.1, 0.15) is 42.7 Å². The fourth-order valence-electron chi connectivity index (χ4n) is 3.94. The second kappa shape index (κ2) is 10.6. The van der Waals surface area contributed by atoms with Crippen LogP contribution in [0.2, 0.25) is 0 Å². The predicted molar refractivity (Wildman–Crippen MR) is 130 cm³/mol. The van der Waals surface area contributed by atoms with Gasteiger partial charge in [-0.15, -0.1) is 0 Å². The molecule has 1 aliphatic carbocycles. The minimum atomic E-state index is -3.58. The number of benzene rings is 1. The Morgan fingerprint density at radius 3 is 2.66 bits per heavy atom. The van der Waals surface area contributed by atoms with Gasteiger partial charge >= 0.3 is 0 Å². The molecular formula is C26H25N3O5S. The molecule has 1 aliphatic heterocycles. The molecule has 2 atom stereocenters. The lowest BCUT2D eigenvalue weighted by molar-refractivity contribution is -0.119. The van der Waals surface area contributed by atoms with Crippen LogP contribution < -0.4 is 14.2 Å². The van der Waals surface area contributed by atoms with Crippen LogP contribution in [0.15, 0.2) is 78.7 Å². The number of sulfonamides is 1. The second-order valence-corrected chi connectivity index (χ2v) is 10.2. The number of carbonyl (C=O) groups excluding carboxylic acids is 1. The molecule has 9 heteroatoms. The molecule has 1 aromatic heterocycles. The molecule has 1 amide bonds. The lowest BCUT2D eigenvalue weighted by Crippen LogP contribution is -2.40. The molecule has 1 unspecified atom stereocenters. The van der Waals surface area contributed by atoms with Crippen LogP contribution >= 0.6 is 0 Å². The average molecular weight is 492 g/mol. The number of pyridine rings is 1. The zero-order valence-corrected chi connectivity index (χ0v) is 19.8. The number of rotatable bonds is 5. The van der Waals surface area contributed by atoms with Crippen LogP contribution in [0, 0.1) is 11.3 Å². The van der Waals surface area contributed by atoms with Crippen LogP contribution in [-0.4, -0.2) is 31.2 Å². The fourth-order valence-corrected chi connectivity index (χ4v) is 5.30. The van der Waals surface area contributed by atoms with E-state index < -0.39 is 15.9 Å². The number of ether oxygens (including phenoxy) is 2. The normalized spacial score (nSPS) is 24.4. The van der Waals surface area contributed by atoms with E-state index in [0.717, 1.165) is 11.1 Å². The van der Waals surface area contributed by atoms with Gasteiger partial charge in [0.15, 0.2) is 0 Å². The van der Waals surface area contributed by atoms with E-state index in [1.54, 1.807) is 12.1 Å². The fraction of sp³-hybridized carbons (Fsp3) is 0.269. The van der Waals surface area contributed by atoms with Crippen LogP contribution in [0.4, 0.5) is 0 Å². The van der Waals surface area contributed by atoms with Crippen LogP contribution in [-0.2, 0) is 14.8 Å². The zero-order valence-electron chi connectivity index (χ0n) is 19.0. The summed E-state index contributed by atoms with van der Waals surface area (Å²) < 4.78 is 37.8. The Labute approximate surface area is 204 Å². The van der Waals surface area contributed by atoms with Crippen molar-refractivity contribution in [3.63, 3.8) is 0 Å². The first-order chi connectivity index (χ1) is 16.8. The highest BCUT2D eigenvalue weighted by Gasteiger charge is 2.30. The van der Waals surface area contributed by atoms with Crippen molar-refractivity contribution in [2.75, 3.05) is 5.75 Å². The van der Waals surface area contributed by atoms with Gasteiger partial charge in [0.05, 0.1) is 11.3 Å². The van der Waals surface area contributed by atoms with Gasteiger partial charge in [-0.25, -0.2) is 13.4 Å². The minimum Gasteiger partial charge on any atom is -0.490 e. The molecule has 1 aromatic carbocycles. The highest BCUT2D eigenvalue weighted by Crippen LogP contribution is 2.28. The molecule has 2 heterocycles. The molecule has 0 saturated carbocycles. The maximum atomic E-state index is 11.8. The molecule has 35 heavy (non-hydrogen) atoms. The van der Waals surface area contributed by atoms with Crippen LogP contribution in [0.3, 0.4) is 0 Å². The van der Waals surface area contributed by atoms with E-state index in [4.69, 9.17) is 14.7 Å². The van der Waals surface area contributed by atoms with Crippen LogP contribution in [0.25, 0.3) is 0 Å². The molecule has 1 N–H and O–H groups in total. The van der Waals surface area contributed by atoms with E-state index >= 15 is 0 Å². The summed E-state index contributed by atoms with van der Waals surface area (Å²) in [4.78, 5) is 15.9. The summed E-state index contributed by atoms with van der Waals surface area (Å²) in [5.41, 5.74) is 2.06. The van der Waals surface area contributed by atoms with Crippen molar-refractivity contribution in [1.29, 1.82) is 5.26 Å². The lowest BCUT2D eigenvalue weighted by Gasteiger charge is -2.23. The first-order valence-electron chi connectivity index (χ1n) is 11.2. The van der Waals surface area contributed by atoms with Gasteiger partial charge < -0.3 is 9.47 Å². The highest BCUT2D eigenvalue weighted by atomic mass is 32.2. The molecule has 2 aliphatic rings.